The van der Waals surface area contributed by atoms with E-state index in [0.717, 1.165) is 4.90 Å². The second-order valence-electron chi connectivity index (χ2n) is 6.49. The van der Waals surface area contributed by atoms with Crippen molar-refractivity contribution in [3.05, 3.63) is 93.5 Å². The van der Waals surface area contributed by atoms with Crippen LogP contribution in [0.25, 0.3) is 0 Å². The Morgan fingerprint density at radius 3 is 2.17 bits per heavy atom. The highest BCUT2D eigenvalue weighted by Gasteiger charge is 2.36. The summed E-state index contributed by atoms with van der Waals surface area (Å²) < 4.78 is 0.561. The third kappa shape index (κ3) is 3.37. The standard InChI is InChI=1S/C22H13BrN2O5/c23-13-8-9-18(17(11-13)22(29)30)24-19(26)12-4-3-5-14(10-12)25-20(27)15-6-1-2-7-16(15)21(25)28/h1-11H,(H,24,26)(H,29,30). The van der Waals surface area contributed by atoms with E-state index in [9.17, 15) is 24.3 Å². The number of carbonyl (C=O) groups excluding carboxylic acids is 3. The molecule has 0 fully saturated rings. The van der Waals surface area contributed by atoms with Gasteiger partial charge < -0.3 is 10.4 Å². The van der Waals surface area contributed by atoms with Gasteiger partial charge in [-0.05, 0) is 48.5 Å². The number of carbonyl (C=O) groups is 4. The van der Waals surface area contributed by atoms with Crippen LogP contribution in [-0.2, 0) is 0 Å². The molecule has 0 aromatic heterocycles. The fourth-order valence-electron chi connectivity index (χ4n) is 3.21. The Balaban J connectivity index is 1.64. The van der Waals surface area contributed by atoms with Crippen molar-refractivity contribution in [1.29, 1.82) is 0 Å². The van der Waals surface area contributed by atoms with E-state index in [1.807, 2.05) is 0 Å². The quantitative estimate of drug-likeness (QED) is 0.563. The third-order valence-corrected chi connectivity index (χ3v) is 5.11. The van der Waals surface area contributed by atoms with Gasteiger partial charge in [-0.25, -0.2) is 9.69 Å². The van der Waals surface area contributed by atoms with Crippen molar-refractivity contribution in [2.24, 2.45) is 0 Å². The summed E-state index contributed by atoms with van der Waals surface area (Å²) in [6.45, 7) is 0. The first-order valence-electron chi connectivity index (χ1n) is 8.79. The summed E-state index contributed by atoms with van der Waals surface area (Å²) in [6, 6.07) is 17.0. The number of carboxylic acids is 1. The number of hydrogen-bond donors (Lipinski definition) is 2. The lowest BCUT2D eigenvalue weighted by Gasteiger charge is -2.15. The highest BCUT2D eigenvalue weighted by molar-refractivity contribution is 9.10. The van der Waals surface area contributed by atoms with Crippen LogP contribution in [0.2, 0.25) is 0 Å². The number of hydrogen-bond acceptors (Lipinski definition) is 4. The Hall–Kier alpha value is -3.78. The van der Waals surface area contributed by atoms with Crippen molar-refractivity contribution >= 4 is 51.0 Å². The molecule has 30 heavy (non-hydrogen) atoms. The number of aromatic carboxylic acids is 1. The van der Waals surface area contributed by atoms with E-state index in [0.29, 0.717) is 15.6 Å². The lowest BCUT2D eigenvalue weighted by Crippen LogP contribution is -2.29. The third-order valence-electron chi connectivity index (χ3n) is 4.62. The van der Waals surface area contributed by atoms with Crippen molar-refractivity contribution in [2.75, 3.05) is 10.2 Å². The predicted octanol–water partition coefficient (Wildman–Crippen LogP) is 4.20. The van der Waals surface area contributed by atoms with E-state index in [-0.39, 0.29) is 22.5 Å². The van der Waals surface area contributed by atoms with Crippen molar-refractivity contribution in [1.82, 2.24) is 0 Å². The molecule has 0 spiro atoms. The Kier molecular flexibility index (Phi) is 4.93. The number of amides is 3. The SMILES string of the molecule is O=C(Nc1ccc(Br)cc1C(=O)O)c1cccc(N2C(=O)c3ccccc3C2=O)c1. The van der Waals surface area contributed by atoms with Gasteiger partial charge in [0.1, 0.15) is 0 Å². The number of fused-ring (bicyclic) bond motifs is 1. The second kappa shape index (κ2) is 7.57. The zero-order valence-corrected chi connectivity index (χ0v) is 16.8. The molecule has 1 aliphatic rings. The summed E-state index contributed by atoms with van der Waals surface area (Å²) in [5, 5.41) is 11.9. The number of rotatable bonds is 4. The molecular weight excluding hydrogens is 452 g/mol. The number of nitrogens with one attached hydrogen (secondary N) is 1. The number of imide groups is 1. The van der Waals surface area contributed by atoms with E-state index in [1.165, 1.54) is 24.3 Å². The molecule has 3 aromatic rings. The highest BCUT2D eigenvalue weighted by atomic mass is 79.9. The summed E-state index contributed by atoms with van der Waals surface area (Å²) in [5.41, 5.74) is 1.08. The van der Waals surface area contributed by atoms with Crippen LogP contribution < -0.4 is 10.2 Å². The highest BCUT2D eigenvalue weighted by Crippen LogP contribution is 2.29. The number of anilines is 2. The van der Waals surface area contributed by atoms with Crippen LogP contribution >= 0.6 is 15.9 Å². The van der Waals surface area contributed by atoms with Crippen LogP contribution in [0.3, 0.4) is 0 Å². The minimum Gasteiger partial charge on any atom is -0.478 e. The number of nitrogens with zero attached hydrogens (tertiary/aromatic N) is 1. The zero-order valence-electron chi connectivity index (χ0n) is 15.3. The van der Waals surface area contributed by atoms with Gasteiger partial charge in [0.2, 0.25) is 0 Å². The molecule has 0 aliphatic carbocycles. The second-order valence-corrected chi connectivity index (χ2v) is 7.41. The molecule has 0 unspecified atom stereocenters. The molecule has 0 saturated carbocycles. The largest absolute Gasteiger partial charge is 0.478 e. The fraction of sp³-hybridized carbons (Fsp3) is 0. The number of carboxylic acid groups (broad SMARTS) is 1. The smallest absolute Gasteiger partial charge is 0.337 e. The van der Waals surface area contributed by atoms with Crippen molar-refractivity contribution in [2.45, 2.75) is 0 Å². The van der Waals surface area contributed by atoms with Crippen LogP contribution in [-0.4, -0.2) is 28.8 Å². The van der Waals surface area contributed by atoms with E-state index in [1.54, 1.807) is 42.5 Å². The molecule has 3 aromatic carbocycles. The van der Waals surface area contributed by atoms with E-state index < -0.39 is 23.7 Å². The average molecular weight is 465 g/mol. The average Bonchev–Trinajstić information content (AvgIpc) is 3.00. The Bertz CT molecular complexity index is 1200. The van der Waals surface area contributed by atoms with Crippen LogP contribution in [0.15, 0.2) is 71.2 Å². The molecule has 1 heterocycles. The summed E-state index contributed by atoms with van der Waals surface area (Å²) >= 11 is 3.20. The molecule has 1 aliphatic heterocycles. The molecule has 0 radical (unpaired) electrons. The van der Waals surface area contributed by atoms with Gasteiger partial charge in [-0.1, -0.05) is 34.1 Å². The van der Waals surface area contributed by atoms with Gasteiger partial charge in [-0.3, -0.25) is 14.4 Å². The predicted molar refractivity (Wildman–Crippen MR) is 113 cm³/mol. The summed E-state index contributed by atoms with van der Waals surface area (Å²) in [6.07, 6.45) is 0. The molecule has 0 saturated heterocycles. The van der Waals surface area contributed by atoms with Gasteiger partial charge in [0.05, 0.1) is 28.1 Å². The van der Waals surface area contributed by atoms with E-state index in [2.05, 4.69) is 21.2 Å². The number of halogens is 1. The topological polar surface area (TPSA) is 104 Å². The minimum absolute atomic E-state index is 0.0748. The molecule has 2 N–H and O–H groups in total. The van der Waals surface area contributed by atoms with Crippen LogP contribution in [0, 0.1) is 0 Å². The van der Waals surface area contributed by atoms with Gasteiger partial charge in [0, 0.05) is 10.0 Å². The Morgan fingerprint density at radius 1 is 0.867 bits per heavy atom. The van der Waals surface area contributed by atoms with Gasteiger partial charge in [-0.2, -0.15) is 0 Å². The lowest BCUT2D eigenvalue weighted by atomic mass is 10.1. The van der Waals surface area contributed by atoms with Crippen LogP contribution in [0.4, 0.5) is 11.4 Å². The van der Waals surface area contributed by atoms with E-state index >= 15 is 0 Å². The molecule has 0 bridgehead atoms. The molecule has 4 rings (SSSR count). The van der Waals surface area contributed by atoms with Gasteiger partial charge >= 0.3 is 5.97 Å². The molecule has 8 heteroatoms. The first-order chi connectivity index (χ1) is 14.4. The normalized spacial score (nSPS) is 12.6. The maximum absolute atomic E-state index is 12.7. The first kappa shape index (κ1) is 19.5. The Labute approximate surface area is 179 Å². The first-order valence-corrected chi connectivity index (χ1v) is 9.58. The zero-order chi connectivity index (χ0) is 21.4. The van der Waals surface area contributed by atoms with Crippen LogP contribution in [0.5, 0.6) is 0 Å². The van der Waals surface area contributed by atoms with Crippen molar-refractivity contribution in [3.8, 4) is 0 Å². The molecule has 7 nitrogen and oxygen atoms in total. The van der Waals surface area contributed by atoms with E-state index in [4.69, 9.17) is 0 Å². The molecule has 0 atom stereocenters. The molecule has 148 valence electrons. The van der Waals surface area contributed by atoms with Gasteiger partial charge in [-0.15, -0.1) is 0 Å². The van der Waals surface area contributed by atoms with Crippen molar-refractivity contribution < 1.29 is 24.3 Å². The summed E-state index contributed by atoms with van der Waals surface area (Å²) in [4.78, 5) is 50.5. The maximum atomic E-state index is 12.7. The molecular formula is C22H13BrN2O5. The summed E-state index contributed by atoms with van der Waals surface area (Å²) in [7, 11) is 0. The monoisotopic (exact) mass is 464 g/mol. The molecule has 3 amide bonds. The van der Waals surface area contributed by atoms with Gasteiger partial charge in [0.15, 0.2) is 0 Å². The number of benzene rings is 3. The lowest BCUT2D eigenvalue weighted by molar-refractivity contribution is 0.0697. The Morgan fingerprint density at radius 2 is 1.53 bits per heavy atom. The minimum atomic E-state index is -1.19. The van der Waals surface area contributed by atoms with Crippen molar-refractivity contribution in [3.63, 3.8) is 0 Å². The van der Waals surface area contributed by atoms with Gasteiger partial charge in [0.25, 0.3) is 17.7 Å². The van der Waals surface area contributed by atoms with Crippen LogP contribution in [0.1, 0.15) is 41.4 Å². The summed E-state index contributed by atoms with van der Waals surface area (Å²) in [5.74, 6) is -2.69. The maximum Gasteiger partial charge on any atom is 0.337 e. The fourth-order valence-corrected chi connectivity index (χ4v) is 3.57.